The fourth-order valence-corrected chi connectivity index (χ4v) is 2.93. The number of amides is 1. The molecule has 140 valence electrons. The van der Waals surface area contributed by atoms with Crippen LogP contribution < -0.4 is 11.0 Å². The molecule has 2 heterocycles. The van der Waals surface area contributed by atoms with Crippen molar-refractivity contribution in [1.29, 1.82) is 0 Å². The molecule has 0 radical (unpaired) electrons. The molecule has 9 heteroatoms. The SMILES string of the molecule is C[C@H](NC(=O)Cn1nc2cnc(C3CC3)cn2c1=O)c1ccc(F)c(F)c1. The summed E-state index contributed by atoms with van der Waals surface area (Å²) >= 11 is 0. The van der Waals surface area contributed by atoms with Crippen LogP contribution in [-0.2, 0) is 11.3 Å². The van der Waals surface area contributed by atoms with Crippen LogP contribution in [-0.4, -0.2) is 25.1 Å². The number of hydrogen-bond acceptors (Lipinski definition) is 4. The Kier molecular flexibility index (Phi) is 4.21. The molecule has 0 spiro atoms. The molecule has 1 fully saturated rings. The number of nitrogens with zero attached hydrogens (tertiary/aromatic N) is 4. The molecule has 2 aromatic heterocycles. The van der Waals surface area contributed by atoms with Crippen molar-refractivity contribution >= 4 is 11.6 Å². The van der Waals surface area contributed by atoms with Crippen molar-refractivity contribution in [3.05, 3.63) is 64.0 Å². The number of rotatable bonds is 5. The Balaban J connectivity index is 1.49. The van der Waals surface area contributed by atoms with Gasteiger partial charge in [0.25, 0.3) is 0 Å². The summed E-state index contributed by atoms with van der Waals surface area (Å²) in [6.45, 7) is 1.36. The Morgan fingerprint density at radius 1 is 1.33 bits per heavy atom. The number of carbonyl (C=O) groups excluding carboxylic acids is 1. The maximum atomic E-state index is 13.3. The average molecular weight is 373 g/mol. The molecule has 1 aromatic carbocycles. The molecule has 3 aromatic rings. The van der Waals surface area contributed by atoms with E-state index >= 15 is 0 Å². The molecule has 0 bridgehead atoms. The molecular formula is C18H17F2N5O2. The van der Waals surface area contributed by atoms with Gasteiger partial charge in [-0.3, -0.25) is 9.78 Å². The van der Waals surface area contributed by atoms with Crippen LogP contribution in [0, 0.1) is 11.6 Å². The second-order valence-corrected chi connectivity index (χ2v) is 6.72. The number of fused-ring (bicyclic) bond motifs is 1. The zero-order valence-corrected chi connectivity index (χ0v) is 14.5. The minimum Gasteiger partial charge on any atom is -0.348 e. The number of halogens is 2. The number of hydrogen-bond donors (Lipinski definition) is 1. The maximum Gasteiger partial charge on any atom is 0.350 e. The van der Waals surface area contributed by atoms with Crippen molar-refractivity contribution in [2.75, 3.05) is 0 Å². The lowest BCUT2D eigenvalue weighted by Crippen LogP contribution is -2.34. The third-order valence-corrected chi connectivity index (χ3v) is 4.60. The van der Waals surface area contributed by atoms with Crippen LogP contribution >= 0.6 is 0 Å². The van der Waals surface area contributed by atoms with E-state index in [1.54, 1.807) is 13.1 Å². The molecule has 1 aliphatic carbocycles. The van der Waals surface area contributed by atoms with E-state index in [0.29, 0.717) is 17.1 Å². The molecule has 1 amide bonds. The quantitative estimate of drug-likeness (QED) is 0.741. The van der Waals surface area contributed by atoms with Crippen molar-refractivity contribution in [3.8, 4) is 0 Å². The van der Waals surface area contributed by atoms with Crippen LogP contribution in [0.5, 0.6) is 0 Å². The van der Waals surface area contributed by atoms with Gasteiger partial charge < -0.3 is 5.32 Å². The zero-order chi connectivity index (χ0) is 19.1. The summed E-state index contributed by atoms with van der Waals surface area (Å²) in [6.07, 6.45) is 5.31. The maximum absolute atomic E-state index is 13.3. The zero-order valence-electron chi connectivity index (χ0n) is 14.5. The second-order valence-electron chi connectivity index (χ2n) is 6.72. The first kappa shape index (κ1) is 17.3. The second kappa shape index (κ2) is 6.57. The van der Waals surface area contributed by atoms with Crippen molar-refractivity contribution in [2.24, 2.45) is 0 Å². The summed E-state index contributed by atoms with van der Waals surface area (Å²) in [7, 11) is 0. The van der Waals surface area contributed by atoms with Gasteiger partial charge in [-0.1, -0.05) is 6.07 Å². The topological polar surface area (TPSA) is 81.3 Å². The van der Waals surface area contributed by atoms with Gasteiger partial charge in [0.15, 0.2) is 17.3 Å². The van der Waals surface area contributed by atoms with Crippen molar-refractivity contribution in [2.45, 2.75) is 38.3 Å². The van der Waals surface area contributed by atoms with E-state index in [0.717, 1.165) is 35.4 Å². The summed E-state index contributed by atoms with van der Waals surface area (Å²) in [6, 6.07) is 2.88. The monoisotopic (exact) mass is 373 g/mol. The summed E-state index contributed by atoms with van der Waals surface area (Å²) in [5, 5.41) is 6.76. The Labute approximate surface area is 152 Å². The van der Waals surface area contributed by atoms with E-state index in [4.69, 9.17) is 0 Å². The first-order chi connectivity index (χ1) is 12.9. The average Bonchev–Trinajstić information content (AvgIpc) is 3.44. The largest absolute Gasteiger partial charge is 0.350 e. The Hall–Kier alpha value is -3.10. The normalized spacial score (nSPS) is 15.1. The van der Waals surface area contributed by atoms with Crippen molar-refractivity contribution < 1.29 is 13.6 Å². The molecule has 0 unspecified atom stereocenters. The van der Waals surface area contributed by atoms with Crippen LogP contribution in [0.25, 0.3) is 5.65 Å². The third-order valence-electron chi connectivity index (χ3n) is 4.60. The summed E-state index contributed by atoms with van der Waals surface area (Å²) < 4.78 is 28.8. The van der Waals surface area contributed by atoms with Crippen LogP contribution in [0.3, 0.4) is 0 Å². The smallest absolute Gasteiger partial charge is 0.348 e. The van der Waals surface area contributed by atoms with E-state index in [-0.39, 0.29) is 6.54 Å². The lowest BCUT2D eigenvalue weighted by atomic mass is 10.1. The van der Waals surface area contributed by atoms with Gasteiger partial charge in [-0.2, -0.15) is 0 Å². The van der Waals surface area contributed by atoms with Gasteiger partial charge in [0.2, 0.25) is 5.91 Å². The fraction of sp³-hybridized carbons (Fsp3) is 0.333. The molecule has 7 nitrogen and oxygen atoms in total. The highest BCUT2D eigenvalue weighted by Gasteiger charge is 2.26. The number of benzene rings is 1. The molecule has 1 saturated carbocycles. The lowest BCUT2D eigenvalue weighted by Gasteiger charge is -2.14. The minimum atomic E-state index is -0.982. The van der Waals surface area contributed by atoms with Crippen LogP contribution in [0.2, 0.25) is 0 Å². The van der Waals surface area contributed by atoms with Gasteiger partial charge in [0.1, 0.15) is 6.54 Å². The van der Waals surface area contributed by atoms with E-state index in [9.17, 15) is 18.4 Å². The van der Waals surface area contributed by atoms with Gasteiger partial charge in [-0.25, -0.2) is 22.7 Å². The summed E-state index contributed by atoms with van der Waals surface area (Å²) in [5.41, 5.74) is 1.21. The van der Waals surface area contributed by atoms with E-state index < -0.39 is 29.3 Å². The Bertz CT molecular complexity index is 1090. The predicted molar refractivity (Wildman–Crippen MR) is 92.1 cm³/mol. The van der Waals surface area contributed by atoms with Gasteiger partial charge in [-0.15, -0.1) is 5.10 Å². The highest BCUT2D eigenvalue weighted by Crippen LogP contribution is 2.38. The van der Waals surface area contributed by atoms with E-state index in [2.05, 4.69) is 15.4 Å². The van der Waals surface area contributed by atoms with Gasteiger partial charge in [0, 0.05) is 12.1 Å². The Morgan fingerprint density at radius 2 is 2.11 bits per heavy atom. The molecule has 4 rings (SSSR count). The van der Waals surface area contributed by atoms with Gasteiger partial charge in [-0.05, 0) is 37.5 Å². The summed E-state index contributed by atoms with van der Waals surface area (Å²) in [5.74, 6) is -2.00. The fourth-order valence-electron chi connectivity index (χ4n) is 2.93. The third kappa shape index (κ3) is 3.44. The van der Waals surface area contributed by atoms with Gasteiger partial charge >= 0.3 is 5.69 Å². The number of carbonyl (C=O) groups is 1. The summed E-state index contributed by atoms with van der Waals surface area (Å²) in [4.78, 5) is 29.0. The first-order valence-corrected chi connectivity index (χ1v) is 8.62. The minimum absolute atomic E-state index is 0.284. The molecular weight excluding hydrogens is 356 g/mol. The molecule has 0 saturated heterocycles. The molecule has 1 aliphatic rings. The van der Waals surface area contributed by atoms with Crippen LogP contribution in [0.15, 0.2) is 35.4 Å². The number of nitrogens with one attached hydrogen (secondary N) is 1. The van der Waals surface area contributed by atoms with Crippen LogP contribution in [0.1, 0.15) is 43.0 Å². The molecule has 27 heavy (non-hydrogen) atoms. The lowest BCUT2D eigenvalue weighted by molar-refractivity contribution is -0.122. The van der Waals surface area contributed by atoms with E-state index in [1.165, 1.54) is 16.7 Å². The highest BCUT2D eigenvalue weighted by molar-refractivity contribution is 5.76. The first-order valence-electron chi connectivity index (χ1n) is 8.62. The predicted octanol–water partition coefficient (Wildman–Crippen LogP) is 1.92. The molecule has 1 atom stereocenters. The number of aromatic nitrogens is 4. The van der Waals surface area contributed by atoms with E-state index in [1.807, 2.05) is 0 Å². The Morgan fingerprint density at radius 3 is 2.81 bits per heavy atom. The molecule has 1 N–H and O–H groups in total. The van der Waals surface area contributed by atoms with Crippen LogP contribution in [0.4, 0.5) is 8.78 Å². The van der Waals surface area contributed by atoms with Crippen molar-refractivity contribution in [3.63, 3.8) is 0 Å². The van der Waals surface area contributed by atoms with Crippen molar-refractivity contribution in [1.82, 2.24) is 24.5 Å². The highest BCUT2D eigenvalue weighted by atomic mass is 19.2. The van der Waals surface area contributed by atoms with Gasteiger partial charge in [0.05, 0.1) is 17.9 Å². The molecule has 0 aliphatic heterocycles. The standard InChI is InChI=1S/C18H17F2N5O2/c1-10(12-4-5-13(19)14(20)6-12)22-17(26)9-25-18(27)24-8-15(11-2-3-11)21-7-16(24)23-25/h4-8,10-11H,2-3,9H2,1H3,(H,22,26)/t10-/m0/s1.